The van der Waals surface area contributed by atoms with Crippen molar-refractivity contribution in [3.63, 3.8) is 0 Å². The van der Waals surface area contributed by atoms with Gasteiger partial charge in [-0.1, -0.05) is 37.6 Å². The zero-order chi connectivity index (χ0) is 8.97. The molecule has 0 bridgehead atoms. The first-order valence-electron chi connectivity index (χ1n) is 4.78. The van der Waals surface area contributed by atoms with E-state index in [1.54, 1.807) is 0 Å². The summed E-state index contributed by atoms with van der Waals surface area (Å²) < 4.78 is 0. The fourth-order valence-electron chi connectivity index (χ4n) is 1.39. The summed E-state index contributed by atoms with van der Waals surface area (Å²) in [4.78, 5) is 0. The molecule has 0 fully saturated rings. The molecular formula is C12H18. The maximum Gasteiger partial charge on any atom is -0.00472 e. The molecule has 0 aromatic rings. The summed E-state index contributed by atoms with van der Waals surface area (Å²) in [7, 11) is 0. The molecule has 1 rings (SSSR count). The molecular weight excluding hydrogens is 144 g/mol. The van der Waals surface area contributed by atoms with Gasteiger partial charge >= 0.3 is 0 Å². The molecule has 0 radical (unpaired) electrons. The summed E-state index contributed by atoms with van der Waals surface area (Å²) in [5.74, 6) is 0.655. The molecule has 1 aliphatic carbocycles. The predicted molar refractivity (Wildman–Crippen MR) is 55.1 cm³/mol. The fourth-order valence-corrected chi connectivity index (χ4v) is 1.39. The summed E-state index contributed by atoms with van der Waals surface area (Å²) in [6, 6.07) is 0. The van der Waals surface area contributed by atoms with E-state index in [-0.39, 0.29) is 0 Å². The summed E-state index contributed by atoms with van der Waals surface area (Å²) in [5, 5.41) is 0. The number of hydrogen-bond donors (Lipinski definition) is 0. The SMILES string of the molecule is CCCC1C=CC(C)=C(C)C=C1. The van der Waals surface area contributed by atoms with Crippen molar-refractivity contribution in [1.82, 2.24) is 0 Å². The highest BCUT2D eigenvalue weighted by Crippen LogP contribution is 2.18. The molecule has 0 nitrogen and oxygen atoms in total. The van der Waals surface area contributed by atoms with E-state index in [0.717, 1.165) is 0 Å². The van der Waals surface area contributed by atoms with Gasteiger partial charge in [0.15, 0.2) is 0 Å². The van der Waals surface area contributed by atoms with Crippen LogP contribution in [0.3, 0.4) is 0 Å². The third-order valence-electron chi connectivity index (χ3n) is 2.43. The van der Waals surface area contributed by atoms with Crippen LogP contribution in [-0.4, -0.2) is 0 Å². The van der Waals surface area contributed by atoms with Gasteiger partial charge in [-0.25, -0.2) is 0 Å². The molecule has 0 saturated carbocycles. The van der Waals surface area contributed by atoms with E-state index in [4.69, 9.17) is 0 Å². The van der Waals surface area contributed by atoms with E-state index in [9.17, 15) is 0 Å². The minimum Gasteiger partial charge on any atom is -0.0773 e. The lowest BCUT2D eigenvalue weighted by atomic mass is 10.0. The molecule has 0 aromatic carbocycles. The zero-order valence-corrected chi connectivity index (χ0v) is 8.30. The Morgan fingerprint density at radius 3 is 2.00 bits per heavy atom. The van der Waals surface area contributed by atoms with Crippen LogP contribution in [-0.2, 0) is 0 Å². The van der Waals surface area contributed by atoms with Gasteiger partial charge in [0.05, 0.1) is 0 Å². The van der Waals surface area contributed by atoms with Gasteiger partial charge in [0.1, 0.15) is 0 Å². The second-order valence-electron chi connectivity index (χ2n) is 3.54. The Morgan fingerprint density at radius 1 is 1.08 bits per heavy atom. The van der Waals surface area contributed by atoms with Gasteiger partial charge in [0, 0.05) is 0 Å². The van der Waals surface area contributed by atoms with Crippen molar-refractivity contribution in [3.8, 4) is 0 Å². The summed E-state index contributed by atoms with van der Waals surface area (Å²) in [6.07, 6.45) is 11.6. The third-order valence-corrected chi connectivity index (χ3v) is 2.43. The van der Waals surface area contributed by atoms with Crippen LogP contribution in [0.1, 0.15) is 33.6 Å². The number of allylic oxidation sites excluding steroid dienone is 6. The molecule has 1 aliphatic rings. The molecule has 0 heteroatoms. The standard InChI is InChI=1S/C12H18/c1-4-5-12-8-6-10(2)11(3)7-9-12/h6-9,12H,4-5H2,1-3H3. The Hall–Kier alpha value is -0.780. The normalized spacial score (nSPS) is 18.6. The zero-order valence-electron chi connectivity index (χ0n) is 8.30. The van der Waals surface area contributed by atoms with Crippen molar-refractivity contribution in [1.29, 1.82) is 0 Å². The topological polar surface area (TPSA) is 0 Å². The van der Waals surface area contributed by atoms with Crippen LogP contribution in [0.25, 0.3) is 0 Å². The van der Waals surface area contributed by atoms with E-state index >= 15 is 0 Å². The monoisotopic (exact) mass is 162 g/mol. The minimum absolute atomic E-state index is 0.655. The predicted octanol–water partition coefficient (Wildman–Crippen LogP) is 3.87. The van der Waals surface area contributed by atoms with Gasteiger partial charge in [0.2, 0.25) is 0 Å². The minimum atomic E-state index is 0.655. The Kier molecular flexibility index (Phi) is 3.33. The highest BCUT2D eigenvalue weighted by molar-refractivity contribution is 5.34. The molecule has 0 amide bonds. The van der Waals surface area contributed by atoms with E-state index in [2.05, 4.69) is 45.1 Å². The lowest BCUT2D eigenvalue weighted by Crippen LogP contribution is -1.88. The highest BCUT2D eigenvalue weighted by Gasteiger charge is 2.01. The summed E-state index contributed by atoms with van der Waals surface area (Å²) in [5.41, 5.74) is 2.79. The average Bonchev–Trinajstić information content (AvgIpc) is 2.20. The van der Waals surface area contributed by atoms with Gasteiger partial charge in [-0.3, -0.25) is 0 Å². The summed E-state index contributed by atoms with van der Waals surface area (Å²) >= 11 is 0. The van der Waals surface area contributed by atoms with Gasteiger partial charge in [-0.2, -0.15) is 0 Å². The fraction of sp³-hybridized carbons (Fsp3) is 0.500. The van der Waals surface area contributed by atoms with Crippen molar-refractivity contribution in [2.45, 2.75) is 33.6 Å². The molecule has 0 aromatic heterocycles. The lowest BCUT2D eigenvalue weighted by Gasteiger charge is -2.02. The molecule has 0 atom stereocenters. The van der Waals surface area contributed by atoms with Gasteiger partial charge in [-0.15, -0.1) is 0 Å². The number of hydrogen-bond acceptors (Lipinski definition) is 0. The molecule has 0 unspecified atom stereocenters. The van der Waals surface area contributed by atoms with Crippen molar-refractivity contribution < 1.29 is 0 Å². The van der Waals surface area contributed by atoms with Crippen molar-refractivity contribution in [2.75, 3.05) is 0 Å². The van der Waals surface area contributed by atoms with E-state index in [0.29, 0.717) is 5.92 Å². The Bertz CT molecular complexity index is 206. The van der Waals surface area contributed by atoms with Crippen molar-refractivity contribution in [3.05, 3.63) is 35.5 Å². The Labute approximate surface area is 75.7 Å². The molecule has 0 N–H and O–H groups in total. The van der Waals surface area contributed by atoms with Crippen LogP contribution < -0.4 is 0 Å². The molecule has 0 heterocycles. The molecule has 0 saturated heterocycles. The van der Waals surface area contributed by atoms with Crippen LogP contribution in [0, 0.1) is 5.92 Å². The molecule has 0 aliphatic heterocycles. The van der Waals surface area contributed by atoms with E-state index < -0.39 is 0 Å². The average molecular weight is 162 g/mol. The van der Waals surface area contributed by atoms with Gasteiger partial charge < -0.3 is 0 Å². The molecule has 66 valence electrons. The first-order chi connectivity index (χ1) is 5.74. The van der Waals surface area contributed by atoms with Crippen molar-refractivity contribution >= 4 is 0 Å². The maximum absolute atomic E-state index is 2.31. The second-order valence-corrected chi connectivity index (χ2v) is 3.54. The smallest absolute Gasteiger partial charge is 0.00472 e. The third kappa shape index (κ3) is 2.37. The van der Waals surface area contributed by atoms with Crippen LogP contribution in [0.4, 0.5) is 0 Å². The number of rotatable bonds is 2. The van der Waals surface area contributed by atoms with Crippen molar-refractivity contribution in [2.24, 2.45) is 5.92 Å². The molecule has 12 heavy (non-hydrogen) atoms. The van der Waals surface area contributed by atoms with E-state index in [1.165, 1.54) is 24.0 Å². The largest absolute Gasteiger partial charge is 0.0773 e. The molecule has 0 spiro atoms. The van der Waals surface area contributed by atoms with Crippen LogP contribution in [0.15, 0.2) is 35.5 Å². The van der Waals surface area contributed by atoms with Crippen LogP contribution in [0.2, 0.25) is 0 Å². The second kappa shape index (κ2) is 4.30. The first-order valence-corrected chi connectivity index (χ1v) is 4.78. The quantitative estimate of drug-likeness (QED) is 0.578. The Balaban J connectivity index is 2.70. The summed E-state index contributed by atoms with van der Waals surface area (Å²) in [6.45, 7) is 6.58. The maximum atomic E-state index is 2.31. The highest BCUT2D eigenvalue weighted by atomic mass is 14.1. The Morgan fingerprint density at radius 2 is 1.58 bits per heavy atom. The first kappa shape index (κ1) is 9.31. The van der Waals surface area contributed by atoms with Crippen LogP contribution in [0.5, 0.6) is 0 Å². The van der Waals surface area contributed by atoms with Crippen LogP contribution >= 0.6 is 0 Å². The lowest BCUT2D eigenvalue weighted by molar-refractivity contribution is 0.691. The van der Waals surface area contributed by atoms with Gasteiger partial charge in [-0.05, 0) is 37.3 Å². The van der Waals surface area contributed by atoms with Gasteiger partial charge in [0.25, 0.3) is 0 Å². The van der Waals surface area contributed by atoms with E-state index in [1.807, 2.05) is 0 Å².